The molecular formula is C20H29NO3. The first-order valence-corrected chi connectivity index (χ1v) is 8.93. The van der Waals surface area contributed by atoms with Gasteiger partial charge in [0.05, 0.1) is 13.7 Å². The number of nitrogens with one attached hydrogen (secondary N) is 1. The first-order chi connectivity index (χ1) is 11.6. The Bertz CT molecular complexity index is 568. The van der Waals surface area contributed by atoms with Gasteiger partial charge in [-0.1, -0.05) is 32.8 Å². The average Bonchev–Trinajstić information content (AvgIpc) is 2.60. The maximum atomic E-state index is 12.1. The Morgan fingerprint density at radius 1 is 1.29 bits per heavy atom. The molecule has 2 unspecified atom stereocenters. The number of rotatable bonds is 7. The highest BCUT2D eigenvalue weighted by Gasteiger charge is 2.21. The number of hydrogen-bond acceptors (Lipinski definition) is 3. The molecule has 1 fully saturated rings. The number of ether oxygens (including phenoxy) is 2. The van der Waals surface area contributed by atoms with E-state index in [1.807, 2.05) is 24.3 Å². The van der Waals surface area contributed by atoms with Gasteiger partial charge >= 0.3 is 0 Å². The smallest absolute Gasteiger partial charge is 0.244 e. The third kappa shape index (κ3) is 5.29. The standard InChI is InChI=1S/C20H29NO3/c1-4-13-24-18-11-9-16(14-19(18)23-3)10-12-20(22)21-17-8-6-5-7-15(17)2/h9-12,14-15,17H,4-8,13H2,1-3H3,(H,21,22)/b12-10+. The van der Waals surface area contributed by atoms with E-state index >= 15 is 0 Å². The molecule has 4 nitrogen and oxygen atoms in total. The van der Waals surface area contributed by atoms with E-state index in [1.165, 1.54) is 19.3 Å². The fourth-order valence-corrected chi connectivity index (χ4v) is 3.05. The molecule has 0 saturated heterocycles. The van der Waals surface area contributed by atoms with Gasteiger partial charge in [0, 0.05) is 12.1 Å². The second kappa shape index (κ2) is 9.36. The molecule has 1 aliphatic carbocycles. The summed E-state index contributed by atoms with van der Waals surface area (Å²) in [7, 11) is 1.62. The zero-order valence-corrected chi connectivity index (χ0v) is 15.0. The van der Waals surface area contributed by atoms with E-state index in [0.717, 1.165) is 24.2 Å². The van der Waals surface area contributed by atoms with E-state index < -0.39 is 0 Å². The van der Waals surface area contributed by atoms with Crippen molar-refractivity contribution in [3.63, 3.8) is 0 Å². The molecule has 0 heterocycles. The summed E-state index contributed by atoms with van der Waals surface area (Å²) >= 11 is 0. The maximum Gasteiger partial charge on any atom is 0.244 e. The molecule has 0 spiro atoms. The molecule has 1 aromatic rings. The number of carbonyl (C=O) groups excluding carboxylic acids is 1. The van der Waals surface area contributed by atoms with Crippen LogP contribution in [0.5, 0.6) is 11.5 Å². The highest BCUT2D eigenvalue weighted by Crippen LogP contribution is 2.28. The molecule has 1 aliphatic rings. The van der Waals surface area contributed by atoms with Crippen molar-refractivity contribution in [2.24, 2.45) is 5.92 Å². The van der Waals surface area contributed by atoms with Crippen molar-refractivity contribution in [1.29, 1.82) is 0 Å². The van der Waals surface area contributed by atoms with Crippen LogP contribution in [-0.2, 0) is 4.79 Å². The summed E-state index contributed by atoms with van der Waals surface area (Å²) in [6.07, 6.45) is 9.12. The zero-order chi connectivity index (χ0) is 17.4. The minimum atomic E-state index is -0.0287. The Morgan fingerprint density at radius 3 is 2.79 bits per heavy atom. The number of amides is 1. The van der Waals surface area contributed by atoms with E-state index in [9.17, 15) is 4.79 Å². The third-order valence-corrected chi connectivity index (χ3v) is 4.52. The van der Waals surface area contributed by atoms with E-state index in [0.29, 0.717) is 24.3 Å². The van der Waals surface area contributed by atoms with Crippen LogP contribution in [0.3, 0.4) is 0 Å². The van der Waals surface area contributed by atoms with Crippen LogP contribution in [0, 0.1) is 5.92 Å². The lowest BCUT2D eigenvalue weighted by Crippen LogP contribution is -2.40. The van der Waals surface area contributed by atoms with E-state index in [-0.39, 0.29) is 5.91 Å². The molecule has 1 N–H and O–H groups in total. The van der Waals surface area contributed by atoms with E-state index in [2.05, 4.69) is 19.2 Å². The van der Waals surface area contributed by atoms with Crippen molar-refractivity contribution in [3.05, 3.63) is 29.8 Å². The zero-order valence-electron chi connectivity index (χ0n) is 15.0. The van der Waals surface area contributed by atoms with E-state index in [4.69, 9.17) is 9.47 Å². The van der Waals surface area contributed by atoms with Crippen LogP contribution in [-0.4, -0.2) is 25.7 Å². The topological polar surface area (TPSA) is 47.6 Å². The van der Waals surface area contributed by atoms with Crippen LogP contribution in [0.4, 0.5) is 0 Å². The summed E-state index contributed by atoms with van der Waals surface area (Å²) in [4.78, 5) is 12.1. The lowest BCUT2D eigenvalue weighted by Gasteiger charge is -2.29. The minimum absolute atomic E-state index is 0.0287. The highest BCUT2D eigenvalue weighted by atomic mass is 16.5. The molecule has 1 saturated carbocycles. The fourth-order valence-electron chi connectivity index (χ4n) is 3.05. The first kappa shape index (κ1) is 18.4. The van der Waals surface area contributed by atoms with Crippen LogP contribution in [0.25, 0.3) is 6.08 Å². The number of hydrogen-bond donors (Lipinski definition) is 1. The monoisotopic (exact) mass is 331 g/mol. The van der Waals surface area contributed by atoms with Gasteiger partial charge in [0.2, 0.25) is 5.91 Å². The Kier molecular flexibility index (Phi) is 7.16. The molecule has 1 amide bonds. The van der Waals surface area contributed by atoms with Crippen molar-refractivity contribution in [2.75, 3.05) is 13.7 Å². The van der Waals surface area contributed by atoms with Crippen molar-refractivity contribution >= 4 is 12.0 Å². The Morgan fingerprint density at radius 2 is 2.08 bits per heavy atom. The van der Waals surface area contributed by atoms with Gasteiger partial charge in [0.15, 0.2) is 11.5 Å². The summed E-state index contributed by atoms with van der Waals surface area (Å²) < 4.78 is 11.0. The summed E-state index contributed by atoms with van der Waals surface area (Å²) in [5.41, 5.74) is 0.919. The summed E-state index contributed by atoms with van der Waals surface area (Å²) in [6, 6.07) is 6.00. The van der Waals surface area contributed by atoms with Crippen LogP contribution in [0.15, 0.2) is 24.3 Å². The molecule has 0 radical (unpaired) electrons. The number of carbonyl (C=O) groups is 1. The molecule has 2 rings (SSSR count). The molecule has 0 bridgehead atoms. The van der Waals surface area contributed by atoms with Gasteiger partial charge in [-0.15, -0.1) is 0 Å². The van der Waals surface area contributed by atoms with Gasteiger partial charge in [-0.25, -0.2) is 0 Å². The van der Waals surface area contributed by atoms with Gasteiger partial charge in [0.1, 0.15) is 0 Å². The largest absolute Gasteiger partial charge is 0.493 e. The van der Waals surface area contributed by atoms with Crippen LogP contribution < -0.4 is 14.8 Å². The predicted octanol–water partition coefficient (Wildman–Crippen LogP) is 4.19. The molecule has 24 heavy (non-hydrogen) atoms. The molecular weight excluding hydrogens is 302 g/mol. The Balaban J connectivity index is 1.96. The van der Waals surface area contributed by atoms with E-state index in [1.54, 1.807) is 13.2 Å². The molecule has 0 aliphatic heterocycles. The molecule has 1 aromatic carbocycles. The van der Waals surface area contributed by atoms with Crippen LogP contribution >= 0.6 is 0 Å². The van der Waals surface area contributed by atoms with Crippen LogP contribution in [0.2, 0.25) is 0 Å². The maximum absolute atomic E-state index is 12.1. The van der Waals surface area contributed by atoms with Crippen molar-refractivity contribution in [2.45, 2.75) is 52.0 Å². The Labute approximate surface area is 145 Å². The lowest BCUT2D eigenvalue weighted by atomic mass is 9.86. The predicted molar refractivity (Wildman–Crippen MR) is 97.4 cm³/mol. The second-order valence-corrected chi connectivity index (χ2v) is 6.47. The molecule has 4 heteroatoms. The van der Waals surface area contributed by atoms with Gasteiger partial charge in [0.25, 0.3) is 0 Å². The molecule has 132 valence electrons. The quantitative estimate of drug-likeness (QED) is 0.762. The van der Waals surface area contributed by atoms with Crippen LogP contribution in [0.1, 0.15) is 51.5 Å². The van der Waals surface area contributed by atoms with Gasteiger partial charge < -0.3 is 14.8 Å². The molecule has 0 aromatic heterocycles. The third-order valence-electron chi connectivity index (χ3n) is 4.52. The minimum Gasteiger partial charge on any atom is -0.493 e. The average molecular weight is 331 g/mol. The molecule has 2 atom stereocenters. The van der Waals surface area contributed by atoms with Gasteiger partial charge in [-0.05, 0) is 49.0 Å². The lowest BCUT2D eigenvalue weighted by molar-refractivity contribution is -0.117. The highest BCUT2D eigenvalue weighted by molar-refractivity contribution is 5.92. The normalized spacial score (nSPS) is 20.8. The number of methoxy groups -OCH3 is 1. The summed E-state index contributed by atoms with van der Waals surface area (Å²) in [5, 5.41) is 3.13. The van der Waals surface area contributed by atoms with Crippen molar-refractivity contribution in [3.8, 4) is 11.5 Å². The number of benzene rings is 1. The SMILES string of the molecule is CCCOc1ccc(/C=C/C(=O)NC2CCCCC2C)cc1OC. The van der Waals surface area contributed by atoms with Gasteiger partial charge in [-0.2, -0.15) is 0 Å². The second-order valence-electron chi connectivity index (χ2n) is 6.47. The Hall–Kier alpha value is -1.97. The fraction of sp³-hybridized carbons (Fsp3) is 0.550. The van der Waals surface area contributed by atoms with Gasteiger partial charge in [-0.3, -0.25) is 4.79 Å². The van der Waals surface area contributed by atoms with Crippen molar-refractivity contribution in [1.82, 2.24) is 5.32 Å². The summed E-state index contributed by atoms with van der Waals surface area (Å²) in [6.45, 7) is 4.94. The first-order valence-electron chi connectivity index (χ1n) is 8.93. The summed E-state index contributed by atoms with van der Waals surface area (Å²) in [5.74, 6) is 1.95. The van der Waals surface area contributed by atoms with Crippen molar-refractivity contribution < 1.29 is 14.3 Å².